The van der Waals surface area contributed by atoms with Gasteiger partial charge >= 0.3 is 0 Å². The molecule has 2 saturated heterocycles. The van der Waals surface area contributed by atoms with Crippen molar-refractivity contribution < 1.29 is 9.47 Å². The Morgan fingerprint density at radius 3 is 1.81 bits per heavy atom. The van der Waals surface area contributed by atoms with E-state index in [0.717, 1.165) is 103 Å². The van der Waals surface area contributed by atoms with Crippen molar-refractivity contribution in [2.45, 2.75) is 50.9 Å². The Kier molecular flexibility index (Phi) is 12.7. The second kappa shape index (κ2) is 18.6. The molecule has 6 aromatic rings. The molecule has 0 spiro atoms. The van der Waals surface area contributed by atoms with Gasteiger partial charge in [-0.2, -0.15) is 0 Å². The molecule has 0 atom stereocenters. The smallest absolute Gasteiger partial charge is 0.218 e. The molecule has 0 bridgehead atoms. The second-order valence-corrected chi connectivity index (χ2v) is 15.5. The molecule has 0 aliphatic carbocycles. The van der Waals surface area contributed by atoms with Crippen LogP contribution in [0.5, 0.6) is 11.6 Å². The number of piperidine rings is 2. The highest BCUT2D eigenvalue weighted by atomic mass is 35.5. The standard InChI is InChI=1S/C46H48Cl2N8O2/c1-57-40-28-31(12-13-32(40)29-52-34-17-24-55(25-18-34)41-10-3-5-21-49-41)45-44(48)37(16-23-51-45)36-8-7-9-38(43(36)47)39-15-14-33(46(54-39)58-2)30-53-35-19-26-56(27-20-35)42-11-4-6-22-50-42/h3-16,21-23,28,34-35,52-53H,17-20,24-27,29-30H2,1-2H3. The molecule has 0 radical (unpaired) electrons. The van der Waals surface area contributed by atoms with Gasteiger partial charge in [-0.1, -0.05) is 71.7 Å². The summed E-state index contributed by atoms with van der Waals surface area (Å²) in [7, 11) is 3.36. The van der Waals surface area contributed by atoms with Crippen molar-refractivity contribution in [2.75, 3.05) is 50.2 Å². The van der Waals surface area contributed by atoms with Crippen LogP contribution >= 0.6 is 23.2 Å². The van der Waals surface area contributed by atoms with Crippen LogP contribution in [0.1, 0.15) is 36.8 Å². The summed E-state index contributed by atoms with van der Waals surface area (Å²) in [5.41, 5.74) is 6.65. The van der Waals surface area contributed by atoms with Crippen LogP contribution < -0.4 is 29.9 Å². The van der Waals surface area contributed by atoms with E-state index in [1.165, 1.54) is 0 Å². The number of rotatable bonds is 13. The third-order valence-corrected chi connectivity index (χ3v) is 12.0. The average molecular weight is 816 g/mol. The van der Waals surface area contributed by atoms with Crippen LogP contribution in [0.15, 0.2) is 110 Å². The van der Waals surface area contributed by atoms with Crippen LogP contribution in [0.25, 0.3) is 33.6 Å². The Balaban J connectivity index is 0.934. The lowest BCUT2D eigenvalue weighted by molar-refractivity contribution is 0.380. The number of halogens is 2. The molecule has 6 heterocycles. The van der Waals surface area contributed by atoms with Gasteiger partial charge in [0, 0.05) is 103 Å². The maximum atomic E-state index is 7.20. The van der Waals surface area contributed by atoms with Crippen LogP contribution in [-0.2, 0) is 13.1 Å². The molecule has 2 N–H and O–H groups in total. The van der Waals surface area contributed by atoms with Crippen molar-refractivity contribution in [1.82, 2.24) is 30.6 Å². The molecule has 10 nitrogen and oxygen atoms in total. The van der Waals surface area contributed by atoms with E-state index < -0.39 is 0 Å². The molecule has 2 aliphatic heterocycles. The van der Waals surface area contributed by atoms with Crippen molar-refractivity contribution in [2.24, 2.45) is 0 Å². The van der Waals surface area contributed by atoms with Gasteiger partial charge in [0.15, 0.2) is 0 Å². The van der Waals surface area contributed by atoms with Gasteiger partial charge in [-0.05, 0) is 68.1 Å². The molecule has 2 aliphatic rings. The first-order chi connectivity index (χ1) is 28.5. The predicted molar refractivity (Wildman–Crippen MR) is 234 cm³/mol. The maximum absolute atomic E-state index is 7.20. The second-order valence-electron chi connectivity index (χ2n) is 14.7. The van der Waals surface area contributed by atoms with Crippen molar-refractivity contribution in [3.8, 4) is 45.3 Å². The zero-order valence-electron chi connectivity index (χ0n) is 32.9. The molecule has 0 amide bonds. The summed E-state index contributed by atoms with van der Waals surface area (Å²) in [6, 6.07) is 31.0. The van der Waals surface area contributed by atoms with E-state index in [1.807, 2.05) is 73.1 Å². The van der Waals surface area contributed by atoms with Gasteiger partial charge in [0.05, 0.1) is 35.7 Å². The third-order valence-electron chi connectivity index (χ3n) is 11.2. The lowest BCUT2D eigenvalue weighted by atomic mass is 9.99. The van der Waals surface area contributed by atoms with Gasteiger partial charge in [0.25, 0.3) is 0 Å². The van der Waals surface area contributed by atoms with Gasteiger partial charge in [0.1, 0.15) is 17.4 Å². The largest absolute Gasteiger partial charge is 0.496 e. The summed E-state index contributed by atoms with van der Waals surface area (Å²) < 4.78 is 11.7. The first-order valence-electron chi connectivity index (χ1n) is 19.9. The molecule has 8 rings (SSSR count). The summed E-state index contributed by atoms with van der Waals surface area (Å²) >= 11 is 14.4. The molecule has 4 aromatic heterocycles. The quantitative estimate of drug-likeness (QED) is 0.118. The summed E-state index contributed by atoms with van der Waals surface area (Å²) in [4.78, 5) is 23.3. The number of aromatic nitrogens is 4. The summed E-state index contributed by atoms with van der Waals surface area (Å²) in [6.07, 6.45) is 9.65. The first-order valence-corrected chi connectivity index (χ1v) is 20.7. The van der Waals surface area contributed by atoms with E-state index in [0.29, 0.717) is 52.5 Å². The molecule has 0 unspecified atom stereocenters. The topological polar surface area (TPSA) is 101 Å². The van der Waals surface area contributed by atoms with Gasteiger partial charge < -0.3 is 29.9 Å². The van der Waals surface area contributed by atoms with E-state index in [1.54, 1.807) is 20.4 Å². The number of ether oxygens (including phenoxy) is 2. The fraction of sp³-hybridized carbons (Fsp3) is 0.304. The highest BCUT2D eigenvalue weighted by Gasteiger charge is 2.23. The fourth-order valence-electron chi connectivity index (χ4n) is 7.97. The van der Waals surface area contributed by atoms with Crippen molar-refractivity contribution in [1.29, 1.82) is 0 Å². The zero-order valence-corrected chi connectivity index (χ0v) is 34.4. The number of methoxy groups -OCH3 is 2. The number of nitrogens with zero attached hydrogens (tertiary/aromatic N) is 6. The van der Waals surface area contributed by atoms with Crippen LogP contribution in [-0.4, -0.2) is 72.4 Å². The number of hydrogen-bond donors (Lipinski definition) is 2. The van der Waals surface area contributed by atoms with E-state index >= 15 is 0 Å². The molecule has 12 heteroatoms. The minimum Gasteiger partial charge on any atom is -0.496 e. The first kappa shape index (κ1) is 39.6. The third kappa shape index (κ3) is 8.90. The van der Waals surface area contributed by atoms with Crippen molar-refractivity contribution in [3.05, 3.63) is 131 Å². The number of pyridine rings is 4. The van der Waals surface area contributed by atoms with Crippen molar-refractivity contribution in [3.63, 3.8) is 0 Å². The monoisotopic (exact) mass is 814 g/mol. The number of anilines is 2. The van der Waals surface area contributed by atoms with Gasteiger partial charge in [-0.3, -0.25) is 4.98 Å². The lowest BCUT2D eigenvalue weighted by Gasteiger charge is -2.33. The molecular weight excluding hydrogens is 767 g/mol. The highest BCUT2D eigenvalue weighted by molar-refractivity contribution is 6.39. The van der Waals surface area contributed by atoms with E-state index in [4.69, 9.17) is 42.6 Å². The normalized spacial score (nSPS) is 15.1. The van der Waals surface area contributed by atoms with E-state index in [-0.39, 0.29) is 0 Å². The average Bonchev–Trinajstić information content (AvgIpc) is 3.29. The molecule has 58 heavy (non-hydrogen) atoms. The maximum Gasteiger partial charge on any atom is 0.218 e. The van der Waals surface area contributed by atoms with E-state index in [2.05, 4.69) is 60.7 Å². The Labute approximate surface area is 350 Å². The minimum absolute atomic E-state index is 0.402. The lowest BCUT2D eigenvalue weighted by Crippen LogP contribution is -2.42. The summed E-state index contributed by atoms with van der Waals surface area (Å²) in [5, 5.41) is 8.52. The molecule has 2 aromatic carbocycles. The van der Waals surface area contributed by atoms with Crippen LogP contribution in [0.3, 0.4) is 0 Å². The van der Waals surface area contributed by atoms with Crippen molar-refractivity contribution >= 4 is 34.8 Å². The Morgan fingerprint density at radius 2 is 1.21 bits per heavy atom. The summed E-state index contributed by atoms with van der Waals surface area (Å²) in [6.45, 7) is 5.23. The van der Waals surface area contributed by atoms with Crippen LogP contribution in [0, 0.1) is 0 Å². The van der Waals surface area contributed by atoms with Gasteiger partial charge in [0.2, 0.25) is 5.88 Å². The van der Waals surface area contributed by atoms with Gasteiger partial charge in [-0.15, -0.1) is 0 Å². The van der Waals surface area contributed by atoms with E-state index in [9.17, 15) is 0 Å². The number of hydrogen-bond acceptors (Lipinski definition) is 10. The van der Waals surface area contributed by atoms with Crippen LogP contribution in [0.4, 0.5) is 11.6 Å². The molecule has 298 valence electrons. The Hall–Kier alpha value is -5.26. The highest BCUT2D eigenvalue weighted by Crippen LogP contribution is 2.42. The Morgan fingerprint density at radius 1 is 0.603 bits per heavy atom. The molecule has 2 fully saturated rings. The molecular formula is C46H48Cl2N8O2. The summed E-state index contributed by atoms with van der Waals surface area (Å²) in [5.74, 6) is 3.43. The zero-order chi connectivity index (χ0) is 39.8. The number of nitrogens with one attached hydrogen (secondary N) is 2. The minimum atomic E-state index is 0.402. The number of benzene rings is 2. The Bertz CT molecular complexity index is 2140. The van der Waals surface area contributed by atoms with Gasteiger partial charge in [-0.25, -0.2) is 15.0 Å². The predicted octanol–water partition coefficient (Wildman–Crippen LogP) is 9.11. The SMILES string of the molecule is COc1cc(-c2nccc(-c3cccc(-c4ccc(CNC5CCN(c6ccccn6)CC5)c(OC)n4)c3Cl)c2Cl)ccc1CNC1CCN(c2ccccn2)CC1. The van der Waals surface area contributed by atoms with Crippen LogP contribution in [0.2, 0.25) is 10.0 Å². The molecule has 0 saturated carbocycles. The fourth-order valence-corrected chi connectivity index (χ4v) is 8.62.